The van der Waals surface area contributed by atoms with Gasteiger partial charge in [-0.05, 0) is 6.54 Å². The maximum absolute atomic E-state index is 11.3. The summed E-state index contributed by atoms with van der Waals surface area (Å²) in [5, 5.41) is 9.24. The lowest BCUT2D eigenvalue weighted by Gasteiger charge is -2.09. The smallest absolute Gasteiger partial charge is 0.222 e. The number of likely N-dealkylation sites (N-methyl/N-ethyl adjacent to an activating group) is 1. The molecule has 0 spiro atoms. The van der Waals surface area contributed by atoms with Crippen molar-refractivity contribution in [1.29, 1.82) is 0 Å². The largest absolute Gasteiger partial charge is 0.378 e. The van der Waals surface area contributed by atoms with Crippen LogP contribution in [0.15, 0.2) is 0 Å². The van der Waals surface area contributed by atoms with Gasteiger partial charge in [0.15, 0.2) is 0 Å². The summed E-state index contributed by atoms with van der Waals surface area (Å²) in [6.45, 7) is 13.6. The molecule has 0 aromatic heterocycles. The quantitative estimate of drug-likeness (QED) is 0.339. The van der Waals surface area contributed by atoms with Gasteiger partial charge in [-0.25, -0.2) is 0 Å². The second-order valence-electron chi connectivity index (χ2n) is 5.39. The van der Waals surface area contributed by atoms with Crippen LogP contribution in [0.4, 0.5) is 0 Å². The van der Waals surface area contributed by atoms with E-state index in [1.54, 1.807) is 0 Å². The van der Waals surface area contributed by atoms with Crippen LogP contribution in [0.3, 0.4) is 0 Å². The zero-order chi connectivity index (χ0) is 17.2. The Bertz CT molecular complexity index is 279. The molecule has 0 aliphatic heterocycles. The summed E-state index contributed by atoms with van der Waals surface area (Å²) in [6.07, 6.45) is 0. The second-order valence-corrected chi connectivity index (χ2v) is 5.39. The van der Waals surface area contributed by atoms with Gasteiger partial charge < -0.3 is 30.2 Å². The van der Waals surface area contributed by atoms with Crippen LogP contribution in [-0.4, -0.2) is 78.3 Å². The van der Waals surface area contributed by atoms with E-state index >= 15 is 0 Å². The van der Waals surface area contributed by atoms with Crippen LogP contribution < -0.4 is 16.0 Å². The highest BCUT2D eigenvalue weighted by Gasteiger charge is 2.04. The van der Waals surface area contributed by atoms with Gasteiger partial charge in [-0.15, -0.1) is 0 Å². The van der Waals surface area contributed by atoms with Crippen LogP contribution in [-0.2, 0) is 19.0 Å². The van der Waals surface area contributed by atoms with Crippen LogP contribution in [0.25, 0.3) is 0 Å². The Kier molecular flexibility index (Phi) is 17.1. The van der Waals surface area contributed by atoms with E-state index in [4.69, 9.17) is 14.2 Å². The summed E-state index contributed by atoms with van der Waals surface area (Å²) in [5.74, 6) is 0.0875. The summed E-state index contributed by atoms with van der Waals surface area (Å²) in [4.78, 5) is 11.3. The molecule has 1 amide bonds. The monoisotopic (exact) mass is 339 g/mol. The van der Waals surface area contributed by atoms with Gasteiger partial charge in [-0.2, -0.15) is 0 Å². The molecule has 0 bridgehead atoms. The molecule has 7 heteroatoms. The maximum atomic E-state index is 11.3. The lowest BCUT2D eigenvalue weighted by molar-refractivity contribution is -0.124. The minimum atomic E-state index is 0. The second kappa shape index (κ2) is 17.6. The van der Waals surface area contributed by atoms with Gasteiger partial charge in [0.2, 0.25) is 5.91 Å². The summed E-state index contributed by atoms with van der Waals surface area (Å²) in [5.41, 5.74) is 0. The Morgan fingerprint density at radius 2 is 1.30 bits per heavy atom. The Morgan fingerprint density at radius 1 is 0.826 bits per heavy atom. The van der Waals surface area contributed by atoms with Gasteiger partial charge in [0.1, 0.15) is 0 Å². The molecule has 0 aliphatic rings. The van der Waals surface area contributed by atoms with Gasteiger partial charge in [-0.3, -0.25) is 4.79 Å². The van der Waals surface area contributed by atoms with E-state index in [2.05, 4.69) is 22.9 Å². The van der Waals surface area contributed by atoms with Crippen LogP contribution in [0.5, 0.6) is 0 Å². The molecule has 0 fully saturated rings. The van der Waals surface area contributed by atoms with Crippen molar-refractivity contribution in [1.82, 2.24) is 16.0 Å². The molecule has 0 rings (SSSR count). The van der Waals surface area contributed by atoms with Crippen molar-refractivity contribution in [2.75, 3.05) is 72.4 Å². The number of nitrogens with one attached hydrogen (secondary N) is 3. The summed E-state index contributed by atoms with van der Waals surface area (Å²) < 4.78 is 16.2. The van der Waals surface area contributed by atoms with Crippen molar-refractivity contribution in [3.8, 4) is 0 Å². The first-order valence-electron chi connectivity index (χ1n) is 8.60. The first-order valence-corrected chi connectivity index (χ1v) is 8.60. The van der Waals surface area contributed by atoms with Gasteiger partial charge in [0.25, 0.3) is 0 Å². The first kappa shape index (κ1) is 22.3. The topological polar surface area (TPSA) is 80.8 Å². The number of rotatable bonds is 17. The predicted molar refractivity (Wildman–Crippen MR) is 98.1 cm³/mol. The van der Waals surface area contributed by atoms with Gasteiger partial charge in [-0.1, -0.05) is 20.8 Å². The number of carbonyl (C=O) groups is 1. The van der Waals surface area contributed by atoms with Crippen LogP contribution in [0.1, 0.15) is 25.1 Å². The highest BCUT2D eigenvalue weighted by atomic mass is 16.5. The van der Waals surface area contributed by atoms with Crippen molar-refractivity contribution < 1.29 is 23.3 Å². The molecule has 0 heterocycles. The number of hydrogen-bond acceptors (Lipinski definition) is 6. The summed E-state index contributed by atoms with van der Waals surface area (Å²) in [6, 6.07) is 0. The van der Waals surface area contributed by atoms with E-state index in [-0.39, 0.29) is 16.1 Å². The van der Waals surface area contributed by atoms with E-state index in [1.165, 1.54) is 0 Å². The number of hydrogen-bond donors (Lipinski definition) is 3. The fourth-order valence-corrected chi connectivity index (χ4v) is 1.61. The third-order valence-electron chi connectivity index (χ3n) is 2.96. The Morgan fingerprint density at radius 3 is 1.83 bits per heavy atom. The number of amides is 1. The van der Waals surface area contributed by atoms with Crippen LogP contribution >= 0.6 is 0 Å². The van der Waals surface area contributed by atoms with Crippen molar-refractivity contribution >= 4 is 5.91 Å². The molecule has 0 saturated heterocycles. The Labute approximate surface area is 145 Å². The van der Waals surface area contributed by atoms with E-state index in [0.29, 0.717) is 39.6 Å². The van der Waals surface area contributed by atoms with Crippen molar-refractivity contribution in [3.05, 3.63) is 0 Å². The fourth-order valence-electron chi connectivity index (χ4n) is 1.61. The average Bonchev–Trinajstić information content (AvgIpc) is 2.54. The molecule has 144 valence electrons. The summed E-state index contributed by atoms with van der Waals surface area (Å²) >= 11 is 0. The van der Waals surface area contributed by atoms with Crippen molar-refractivity contribution in [2.24, 2.45) is 5.92 Å². The summed E-state index contributed by atoms with van der Waals surface area (Å²) in [7, 11) is 0. The first-order chi connectivity index (χ1) is 11.2. The standard InChI is InChI=1S/C16H35N3O4.3H2/c1-4-17-5-9-22-13-14-23-11-7-18-6-10-21-12-8-19-16(20)15(2)3;;;/h15,17-18H,4-14H2,1-3H3,(H,19,20);3*1H. The normalized spacial score (nSPS) is 11.1. The molecule has 0 aromatic rings. The third-order valence-corrected chi connectivity index (χ3v) is 2.96. The molecule has 23 heavy (non-hydrogen) atoms. The lowest BCUT2D eigenvalue weighted by atomic mass is 10.2. The van der Waals surface area contributed by atoms with Gasteiger partial charge >= 0.3 is 0 Å². The van der Waals surface area contributed by atoms with Crippen molar-refractivity contribution in [3.63, 3.8) is 0 Å². The molecule has 0 aromatic carbocycles. The molecular weight excluding hydrogens is 298 g/mol. The van der Waals surface area contributed by atoms with Crippen molar-refractivity contribution in [2.45, 2.75) is 20.8 Å². The van der Waals surface area contributed by atoms with E-state index in [9.17, 15) is 4.79 Å². The molecular formula is C16H41N3O4. The number of ether oxygens (including phenoxy) is 3. The average molecular weight is 340 g/mol. The third kappa shape index (κ3) is 17.5. The van der Waals surface area contributed by atoms with Crippen LogP contribution in [0, 0.1) is 5.92 Å². The molecule has 7 nitrogen and oxygen atoms in total. The van der Waals surface area contributed by atoms with E-state index < -0.39 is 0 Å². The predicted octanol–water partition coefficient (Wildman–Crippen LogP) is 0.746. The zero-order valence-electron chi connectivity index (χ0n) is 15.0. The zero-order valence-corrected chi connectivity index (χ0v) is 15.0. The highest BCUT2D eigenvalue weighted by molar-refractivity contribution is 5.77. The van der Waals surface area contributed by atoms with E-state index in [1.807, 2.05) is 13.8 Å². The molecule has 0 atom stereocenters. The fraction of sp³-hybridized carbons (Fsp3) is 0.938. The molecule has 0 unspecified atom stereocenters. The Balaban J connectivity index is -0.000000807. The van der Waals surface area contributed by atoms with Crippen LogP contribution in [0.2, 0.25) is 0 Å². The van der Waals surface area contributed by atoms with E-state index in [0.717, 1.165) is 32.8 Å². The Hall–Kier alpha value is -0.730. The highest BCUT2D eigenvalue weighted by Crippen LogP contribution is 1.89. The van der Waals surface area contributed by atoms with Gasteiger partial charge in [0.05, 0.1) is 39.6 Å². The molecule has 0 aliphatic carbocycles. The lowest BCUT2D eigenvalue weighted by Crippen LogP contribution is -2.31. The SMILES string of the molecule is CCNCCOCCOCCNCCOCCNC(=O)C(C)C.[HH].[HH].[HH]. The minimum Gasteiger partial charge on any atom is -0.378 e. The molecule has 0 radical (unpaired) electrons. The number of carbonyl (C=O) groups excluding carboxylic acids is 1. The molecule has 3 N–H and O–H groups in total. The molecule has 0 saturated carbocycles. The minimum absolute atomic E-state index is 0. The maximum Gasteiger partial charge on any atom is 0.222 e. The van der Waals surface area contributed by atoms with Gasteiger partial charge in [0, 0.05) is 36.4 Å².